The molecule has 0 atom stereocenters. The molecule has 0 unspecified atom stereocenters. The molecule has 0 aromatic heterocycles. The normalized spacial score (nSPS) is 12.5. The Kier molecular flexibility index (Phi) is 7.27. The van der Waals surface area contributed by atoms with Crippen LogP contribution in [0.25, 0.3) is 0 Å². The van der Waals surface area contributed by atoms with Gasteiger partial charge in [-0.25, -0.2) is 13.8 Å². The number of nitrogens with one attached hydrogen (secondary N) is 1. The Morgan fingerprint density at radius 2 is 1.86 bits per heavy atom. The van der Waals surface area contributed by atoms with Crippen molar-refractivity contribution >= 4 is 43.8 Å². The number of nitrogens with zero attached hydrogens (tertiary/aromatic N) is 2. The van der Waals surface area contributed by atoms with E-state index in [2.05, 4.69) is 26.5 Å². The first-order chi connectivity index (χ1) is 16.8. The van der Waals surface area contributed by atoms with E-state index in [1.807, 2.05) is 6.92 Å². The van der Waals surface area contributed by atoms with Crippen molar-refractivity contribution in [1.82, 2.24) is 5.43 Å². The van der Waals surface area contributed by atoms with Gasteiger partial charge in [0.05, 0.1) is 23.9 Å². The van der Waals surface area contributed by atoms with Crippen molar-refractivity contribution in [3.8, 4) is 17.2 Å². The number of carbonyl (C=O) groups excluding carboxylic acids is 1. The summed E-state index contributed by atoms with van der Waals surface area (Å²) in [6.45, 7) is 1.44. The molecule has 35 heavy (non-hydrogen) atoms. The van der Waals surface area contributed by atoms with Gasteiger partial charge in [0.2, 0.25) is 6.79 Å². The fourth-order valence-electron chi connectivity index (χ4n) is 3.39. The largest absolute Gasteiger partial charge is 0.495 e. The molecule has 1 aliphatic heterocycles. The highest BCUT2D eigenvalue weighted by Crippen LogP contribution is 2.36. The number of anilines is 1. The van der Waals surface area contributed by atoms with Crippen LogP contribution >= 0.6 is 15.9 Å². The summed E-state index contributed by atoms with van der Waals surface area (Å²) < 4.78 is 44.8. The number of carbonyl (C=O) groups is 1. The monoisotopic (exact) mass is 559 g/mol. The number of halogens is 1. The molecule has 1 heterocycles. The van der Waals surface area contributed by atoms with Gasteiger partial charge in [0.15, 0.2) is 11.5 Å². The number of hydrazone groups is 1. The Morgan fingerprint density at radius 3 is 2.57 bits per heavy atom. The van der Waals surface area contributed by atoms with Crippen molar-refractivity contribution in [3.63, 3.8) is 0 Å². The summed E-state index contributed by atoms with van der Waals surface area (Å²) in [4.78, 5) is 12.9. The molecule has 182 valence electrons. The lowest BCUT2D eigenvalue weighted by atomic mass is 10.2. The van der Waals surface area contributed by atoms with E-state index in [-0.39, 0.29) is 17.4 Å². The molecule has 0 saturated heterocycles. The molecule has 3 aromatic rings. The number of sulfonamides is 1. The van der Waals surface area contributed by atoms with Crippen molar-refractivity contribution in [2.45, 2.75) is 11.8 Å². The van der Waals surface area contributed by atoms with E-state index in [1.54, 1.807) is 48.5 Å². The summed E-state index contributed by atoms with van der Waals surface area (Å²) in [5.74, 6) is 0.844. The fourth-order valence-corrected chi connectivity index (χ4v) is 5.25. The molecule has 0 spiro atoms. The second-order valence-corrected chi connectivity index (χ2v) is 10.2. The van der Waals surface area contributed by atoms with Crippen LogP contribution in [-0.2, 0) is 14.8 Å². The quantitative estimate of drug-likeness (QED) is 0.332. The molecule has 1 N–H and O–H groups in total. The number of fused-ring (bicyclic) bond motifs is 1. The summed E-state index contributed by atoms with van der Waals surface area (Å²) in [5.41, 5.74) is 4.09. The first kappa shape index (κ1) is 24.6. The van der Waals surface area contributed by atoms with Crippen LogP contribution in [0, 0.1) is 6.92 Å². The highest BCUT2D eigenvalue weighted by Gasteiger charge is 2.29. The molecule has 0 fully saturated rings. The minimum Gasteiger partial charge on any atom is -0.495 e. The summed E-state index contributed by atoms with van der Waals surface area (Å²) in [6.07, 6.45) is 1.42. The first-order valence-electron chi connectivity index (χ1n) is 10.4. The van der Waals surface area contributed by atoms with Crippen LogP contribution in [-0.4, -0.2) is 41.0 Å². The van der Waals surface area contributed by atoms with Crippen molar-refractivity contribution in [2.24, 2.45) is 5.10 Å². The van der Waals surface area contributed by atoms with Gasteiger partial charge in [0.1, 0.15) is 12.3 Å². The van der Waals surface area contributed by atoms with Crippen molar-refractivity contribution in [2.75, 3.05) is 24.8 Å². The predicted octanol–water partition coefficient (Wildman–Crippen LogP) is 3.84. The molecule has 0 bridgehead atoms. The van der Waals surface area contributed by atoms with Crippen LogP contribution in [0.4, 0.5) is 5.69 Å². The van der Waals surface area contributed by atoms with Crippen molar-refractivity contribution in [3.05, 3.63) is 76.3 Å². The molecule has 3 aromatic carbocycles. The molecule has 4 rings (SSSR count). The third-order valence-electron chi connectivity index (χ3n) is 5.11. The average Bonchev–Trinajstić information content (AvgIpc) is 3.30. The van der Waals surface area contributed by atoms with E-state index in [4.69, 9.17) is 14.2 Å². The topological polar surface area (TPSA) is 107 Å². The van der Waals surface area contributed by atoms with Gasteiger partial charge in [-0.1, -0.05) is 24.3 Å². The van der Waals surface area contributed by atoms with Crippen LogP contribution in [0.3, 0.4) is 0 Å². The van der Waals surface area contributed by atoms with Gasteiger partial charge < -0.3 is 14.2 Å². The molecular weight excluding hydrogens is 538 g/mol. The maximum Gasteiger partial charge on any atom is 0.264 e. The Bertz CT molecular complexity index is 1380. The maximum atomic E-state index is 13.5. The fraction of sp³-hybridized carbons (Fsp3) is 0.167. The Hall–Kier alpha value is -3.57. The van der Waals surface area contributed by atoms with E-state index in [1.165, 1.54) is 25.5 Å². The molecule has 1 amide bonds. The predicted molar refractivity (Wildman–Crippen MR) is 135 cm³/mol. The SMILES string of the molecule is COc1ccc(C)cc1N(CC(=O)N/N=C/c1cc2c(cc1Br)OCO2)S(=O)(=O)c1ccccc1. The lowest BCUT2D eigenvalue weighted by Crippen LogP contribution is -2.39. The highest BCUT2D eigenvalue weighted by atomic mass is 79.9. The first-order valence-corrected chi connectivity index (χ1v) is 12.7. The standard InChI is InChI=1S/C24H22BrN3O6S/c1-16-8-9-21(32-2)20(10-16)28(35(30,31)18-6-4-3-5-7-18)14-24(29)27-26-13-17-11-22-23(12-19(17)25)34-15-33-22/h3-13H,14-15H2,1-2H3,(H,27,29)/b26-13+. The van der Waals surface area contributed by atoms with Crippen LogP contribution in [0.5, 0.6) is 17.2 Å². The number of benzene rings is 3. The van der Waals surface area contributed by atoms with E-state index < -0.39 is 22.5 Å². The zero-order valence-electron chi connectivity index (χ0n) is 18.9. The molecule has 0 radical (unpaired) electrons. The van der Waals surface area contributed by atoms with E-state index in [0.717, 1.165) is 9.87 Å². The Labute approximate surface area is 211 Å². The minimum absolute atomic E-state index is 0.0455. The summed E-state index contributed by atoms with van der Waals surface area (Å²) in [6, 6.07) is 16.4. The number of hydrogen-bond donors (Lipinski definition) is 1. The second-order valence-electron chi connectivity index (χ2n) is 7.52. The zero-order valence-corrected chi connectivity index (χ0v) is 21.3. The van der Waals surface area contributed by atoms with E-state index in [0.29, 0.717) is 27.3 Å². The highest BCUT2D eigenvalue weighted by molar-refractivity contribution is 9.10. The molecule has 11 heteroatoms. The van der Waals surface area contributed by atoms with Gasteiger partial charge in [-0.3, -0.25) is 9.10 Å². The zero-order chi connectivity index (χ0) is 25.0. The minimum atomic E-state index is -4.09. The third kappa shape index (κ3) is 5.41. The number of hydrogen-bond acceptors (Lipinski definition) is 7. The van der Waals surface area contributed by atoms with Gasteiger partial charge in [0.25, 0.3) is 15.9 Å². The molecule has 9 nitrogen and oxygen atoms in total. The number of rotatable bonds is 8. The summed E-state index contributed by atoms with van der Waals surface area (Å²) in [7, 11) is -2.65. The van der Waals surface area contributed by atoms with E-state index >= 15 is 0 Å². The van der Waals surface area contributed by atoms with Gasteiger partial charge in [-0.2, -0.15) is 5.10 Å². The Morgan fingerprint density at radius 1 is 1.14 bits per heavy atom. The van der Waals surface area contributed by atoms with Gasteiger partial charge in [-0.05, 0) is 64.8 Å². The number of amides is 1. The van der Waals surface area contributed by atoms with Crippen molar-refractivity contribution in [1.29, 1.82) is 0 Å². The number of ether oxygens (including phenoxy) is 3. The van der Waals surface area contributed by atoms with Gasteiger partial charge in [0, 0.05) is 10.0 Å². The molecule has 1 aliphatic rings. The number of aryl methyl sites for hydroxylation is 1. The Balaban J connectivity index is 1.60. The summed E-state index contributed by atoms with van der Waals surface area (Å²) in [5, 5.41) is 3.99. The lowest BCUT2D eigenvalue weighted by molar-refractivity contribution is -0.119. The van der Waals surface area contributed by atoms with Gasteiger partial charge >= 0.3 is 0 Å². The third-order valence-corrected chi connectivity index (χ3v) is 7.57. The van der Waals surface area contributed by atoms with Crippen molar-refractivity contribution < 1.29 is 27.4 Å². The average molecular weight is 560 g/mol. The van der Waals surface area contributed by atoms with Crippen LogP contribution < -0.4 is 23.9 Å². The maximum absolute atomic E-state index is 13.5. The second kappa shape index (κ2) is 10.4. The lowest BCUT2D eigenvalue weighted by Gasteiger charge is -2.25. The molecule has 0 aliphatic carbocycles. The smallest absolute Gasteiger partial charge is 0.264 e. The van der Waals surface area contributed by atoms with Crippen LogP contribution in [0.2, 0.25) is 0 Å². The summed E-state index contributed by atoms with van der Waals surface area (Å²) >= 11 is 3.42. The van der Waals surface area contributed by atoms with E-state index in [9.17, 15) is 13.2 Å². The van der Waals surface area contributed by atoms with Crippen LogP contribution in [0.15, 0.2) is 75.1 Å². The van der Waals surface area contributed by atoms with Crippen LogP contribution in [0.1, 0.15) is 11.1 Å². The number of methoxy groups -OCH3 is 1. The van der Waals surface area contributed by atoms with Gasteiger partial charge in [-0.15, -0.1) is 0 Å². The molecule has 0 saturated carbocycles. The molecular formula is C24H22BrN3O6S.